The van der Waals surface area contributed by atoms with Crippen LogP contribution in [-0.4, -0.2) is 41.5 Å². The summed E-state index contributed by atoms with van der Waals surface area (Å²) in [5.41, 5.74) is 0.377. The summed E-state index contributed by atoms with van der Waals surface area (Å²) in [5, 5.41) is 3.57. The number of carbonyl (C=O) groups excluding carboxylic acids is 2. The van der Waals surface area contributed by atoms with E-state index in [-0.39, 0.29) is 29.9 Å². The van der Waals surface area contributed by atoms with E-state index < -0.39 is 0 Å². The number of likely N-dealkylation sites (tertiary alicyclic amines) is 1. The molecule has 3 aliphatic heterocycles. The summed E-state index contributed by atoms with van der Waals surface area (Å²) in [6, 6.07) is 1.10. The van der Waals surface area contributed by atoms with Crippen molar-refractivity contribution in [2.45, 2.75) is 64.6 Å². The molecule has 5 nitrogen and oxygen atoms in total. The second-order valence-electron chi connectivity index (χ2n) is 7.08. The summed E-state index contributed by atoms with van der Waals surface area (Å²) in [7, 11) is 0. The average Bonchev–Trinajstić information content (AvgIpc) is 3.03. The number of hydrogen-bond donors (Lipinski definition) is 1. The Morgan fingerprint density at radius 3 is 2.71 bits per heavy atom. The van der Waals surface area contributed by atoms with Crippen LogP contribution in [0.2, 0.25) is 0 Å². The van der Waals surface area contributed by atoms with E-state index in [1.807, 2.05) is 0 Å². The van der Waals surface area contributed by atoms with Gasteiger partial charge in [0.2, 0.25) is 5.91 Å². The molecule has 0 aliphatic carbocycles. The first kappa shape index (κ1) is 14.6. The molecule has 0 saturated carbocycles. The first-order chi connectivity index (χ1) is 9.89. The van der Waals surface area contributed by atoms with E-state index in [2.05, 4.69) is 26.1 Å². The smallest absolute Gasteiger partial charge is 0.333 e. The lowest BCUT2D eigenvalue weighted by molar-refractivity contribution is -0.137. The molecule has 4 atom stereocenters. The maximum Gasteiger partial charge on any atom is 0.333 e. The topological polar surface area (TPSA) is 58.6 Å². The number of nitrogens with zero attached hydrogens (tertiary/aromatic N) is 1. The van der Waals surface area contributed by atoms with E-state index in [1.165, 1.54) is 12.5 Å². The summed E-state index contributed by atoms with van der Waals surface area (Å²) >= 11 is 0. The van der Waals surface area contributed by atoms with E-state index in [0.717, 1.165) is 19.3 Å². The Balaban J connectivity index is 1.74. The van der Waals surface area contributed by atoms with Crippen molar-refractivity contribution in [3.05, 3.63) is 11.8 Å². The first-order valence-corrected chi connectivity index (χ1v) is 7.86. The molecule has 0 radical (unpaired) electrons. The molecule has 5 heteroatoms. The number of hydrogen-bond acceptors (Lipinski definition) is 4. The van der Waals surface area contributed by atoms with Crippen molar-refractivity contribution >= 4 is 11.9 Å². The van der Waals surface area contributed by atoms with Crippen molar-refractivity contribution in [1.29, 1.82) is 0 Å². The van der Waals surface area contributed by atoms with Gasteiger partial charge in [-0.15, -0.1) is 0 Å². The third-order valence-electron chi connectivity index (χ3n) is 5.04. The van der Waals surface area contributed by atoms with Crippen LogP contribution in [0.15, 0.2) is 11.8 Å². The lowest BCUT2D eigenvalue weighted by Gasteiger charge is -2.27. The Morgan fingerprint density at radius 1 is 1.38 bits per heavy atom. The molecule has 1 N–H and O–H groups in total. The van der Waals surface area contributed by atoms with Gasteiger partial charge in [-0.3, -0.25) is 4.79 Å². The highest BCUT2D eigenvalue weighted by Gasteiger charge is 2.49. The van der Waals surface area contributed by atoms with E-state index in [4.69, 9.17) is 4.74 Å². The van der Waals surface area contributed by atoms with Crippen LogP contribution in [0.5, 0.6) is 0 Å². The van der Waals surface area contributed by atoms with Gasteiger partial charge in [-0.25, -0.2) is 4.79 Å². The van der Waals surface area contributed by atoms with Crippen molar-refractivity contribution in [2.24, 2.45) is 5.41 Å². The Morgan fingerprint density at radius 2 is 2.14 bits per heavy atom. The molecule has 0 bridgehead atoms. The van der Waals surface area contributed by atoms with Crippen LogP contribution in [-0.2, 0) is 14.3 Å². The standard InChI is InChI=1S/C16H24N2O3/c1-10-4-5-12(17-10)8-16(3)7-11(2)18(15(16)20)13-6-14(19)21-9-13/h6,10-12,17H,4-5,7-9H2,1-3H3. The predicted octanol–water partition coefficient (Wildman–Crippen LogP) is 1.58. The second-order valence-corrected chi connectivity index (χ2v) is 7.08. The highest BCUT2D eigenvalue weighted by Crippen LogP contribution is 2.43. The molecule has 2 saturated heterocycles. The predicted molar refractivity (Wildman–Crippen MR) is 78.3 cm³/mol. The quantitative estimate of drug-likeness (QED) is 0.803. The summed E-state index contributed by atoms with van der Waals surface area (Å²) in [4.78, 5) is 25.9. The monoisotopic (exact) mass is 292 g/mol. The molecule has 21 heavy (non-hydrogen) atoms. The molecule has 116 valence electrons. The molecule has 0 aromatic rings. The van der Waals surface area contributed by atoms with Crippen LogP contribution in [0.25, 0.3) is 0 Å². The number of esters is 1. The van der Waals surface area contributed by atoms with Crippen LogP contribution in [0, 0.1) is 5.41 Å². The maximum absolute atomic E-state index is 12.9. The molecule has 3 heterocycles. The largest absolute Gasteiger partial charge is 0.456 e. The van der Waals surface area contributed by atoms with Gasteiger partial charge >= 0.3 is 5.97 Å². The summed E-state index contributed by atoms with van der Waals surface area (Å²) in [6.07, 6.45) is 5.49. The molecule has 3 aliphatic rings. The number of nitrogens with one attached hydrogen (secondary N) is 1. The Labute approximate surface area is 125 Å². The van der Waals surface area contributed by atoms with Gasteiger partial charge in [-0.1, -0.05) is 6.92 Å². The van der Waals surface area contributed by atoms with Crippen molar-refractivity contribution in [1.82, 2.24) is 10.2 Å². The molecule has 0 aromatic carbocycles. The fraction of sp³-hybridized carbons (Fsp3) is 0.750. The summed E-state index contributed by atoms with van der Waals surface area (Å²) < 4.78 is 4.95. The Hall–Kier alpha value is -1.36. The van der Waals surface area contributed by atoms with Crippen LogP contribution < -0.4 is 5.32 Å². The van der Waals surface area contributed by atoms with Gasteiger partial charge in [0.1, 0.15) is 6.61 Å². The van der Waals surface area contributed by atoms with Crippen LogP contribution in [0.4, 0.5) is 0 Å². The minimum atomic E-state index is -0.343. The van der Waals surface area contributed by atoms with Crippen molar-refractivity contribution < 1.29 is 14.3 Å². The Bertz CT molecular complexity index is 502. The number of amides is 1. The van der Waals surface area contributed by atoms with Crippen molar-refractivity contribution in [3.63, 3.8) is 0 Å². The van der Waals surface area contributed by atoms with Gasteiger partial charge in [-0.2, -0.15) is 0 Å². The fourth-order valence-corrected chi connectivity index (χ4v) is 4.13. The highest BCUT2D eigenvalue weighted by atomic mass is 16.5. The van der Waals surface area contributed by atoms with E-state index in [0.29, 0.717) is 17.8 Å². The third kappa shape index (κ3) is 2.59. The average molecular weight is 292 g/mol. The molecule has 0 spiro atoms. The zero-order chi connectivity index (χ0) is 15.2. The van der Waals surface area contributed by atoms with Crippen LogP contribution in [0.3, 0.4) is 0 Å². The molecule has 0 aromatic heterocycles. The van der Waals surface area contributed by atoms with Gasteiger partial charge < -0.3 is 15.0 Å². The zero-order valence-corrected chi connectivity index (χ0v) is 13.0. The van der Waals surface area contributed by atoms with Gasteiger partial charge in [-0.05, 0) is 39.5 Å². The van der Waals surface area contributed by atoms with E-state index in [9.17, 15) is 9.59 Å². The second kappa shape index (κ2) is 5.13. The zero-order valence-electron chi connectivity index (χ0n) is 13.0. The summed E-state index contributed by atoms with van der Waals surface area (Å²) in [5.74, 6) is -0.203. The lowest BCUT2D eigenvalue weighted by Crippen LogP contribution is -2.39. The van der Waals surface area contributed by atoms with Gasteiger partial charge in [0, 0.05) is 24.2 Å². The minimum Gasteiger partial charge on any atom is -0.456 e. The van der Waals surface area contributed by atoms with Crippen molar-refractivity contribution in [2.75, 3.05) is 6.61 Å². The van der Waals surface area contributed by atoms with Gasteiger partial charge in [0.05, 0.1) is 11.1 Å². The maximum atomic E-state index is 12.9. The Kier molecular flexibility index (Phi) is 3.56. The SMILES string of the molecule is CC1CCC(CC2(C)CC(C)N(C3=CC(=O)OC3)C2=O)N1. The van der Waals surface area contributed by atoms with E-state index >= 15 is 0 Å². The lowest BCUT2D eigenvalue weighted by atomic mass is 9.80. The first-order valence-electron chi connectivity index (χ1n) is 7.86. The molecule has 1 amide bonds. The normalized spacial score (nSPS) is 39.9. The van der Waals surface area contributed by atoms with Gasteiger partial charge in [0.25, 0.3) is 0 Å². The minimum absolute atomic E-state index is 0.127. The number of carbonyl (C=O) groups is 2. The number of ether oxygens (including phenoxy) is 1. The molecular formula is C16H24N2O3. The molecular weight excluding hydrogens is 268 g/mol. The van der Waals surface area contributed by atoms with Crippen LogP contribution >= 0.6 is 0 Å². The highest BCUT2D eigenvalue weighted by molar-refractivity contribution is 5.90. The molecule has 4 unspecified atom stereocenters. The number of rotatable bonds is 3. The molecule has 2 fully saturated rings. The third-order valence-corrected chi connectivity index (χ3v) is 5.04. The van der Waals surface area contributed by atoms with Crippen molar-refractivity contribution in [3.8, 4) is 0 Å². The van der Waals surface area contributed by atoms with Gasteiger partial charge in [0.15, 0.2) is 0 Å². The number of cyclic esters (lactones) is 1. The molecule has 3 rings (SSSR count). The van der Waals surface area contributed by atoms with Crippen LogP contribution in [0.1, 0.15) is 46.5 Å². The summed E-state index contributed by atoms with van der Waals surface area (Å²) in [6.45, 7) is 6.54. The fourth-order valence-electron chi connectivity index (χ4n) is 4.13. The van der Waals surface area contributed by atoms with E-state index in [1.54, 1.807) is 4.90 Å².